The highest BCUT2D eigenvalue weighted by Crippen LogP contribution is 2.26. The Hall–Kier alpha value is -1.72. The summed E-state index contributed by atoms with van der Waals surface area (Å²) in [4.78, 5) is 13.1. The molecule has 0 fully saturated rings. The second-order valence-corrected chi connectivity index (χ2v) is 4.90. The Morgan fingerprint density at radius 3 is 2.50 bits per heavy atom. The van der Waals surface area contributed by atoms with Crippen molar-refractivity contribution in [3.63, 3.8) is 0 Å². The average molecular weight is 253 g/mol. The predicted octanol–water partition coefficient (Wildman–Crippen LogP) is 0.512. The molecule has 6 heteroatoms. The van der Waals surface area contributed by atoms with E-state index in [2.05, 4.69) is 18.9 Å². The molecule has 18 heavy (non-hydrogen) atoms. The molecular formula is C12H23N5O. The largest absolute Gasteiger partial charge is 0.394 e. The van der Waals surface area contributed by atoms with Crippen LogP contribution in [-0.2, 0) is 18.3 Å². The van der Waals surface area contributed by atoms with E-state index >= 15 is 0 Å². The molecule has 6 nitrogen and oxygen atoms in total. The first-order valence-corrected chi connectivity index (χ1v) is 6.21. The molecule has 0 radical (unpaired) electrons. The molecule has 0 bridgehead atoms. The summed E-state index contributed by atoms with van der Waals surface area (Å²) in [6.45, 7) is 7.05. The minimum atomic E-state index is -0.366. The van der Waals surface area contributed by atoms with Crippen LogP contribution in [0.1, 0.15) is 26.5 Å². The normalized spacial score (nSPS) is 10.9. The third-order valence-electron chi connectivity index (χ3n) is 2.70. The summed E-state index contributed by atoms with van der Waals surface area (Å²) in [5.41, 5.74) is 12.9. The van der Waals surface area contributed by atoms with E-state index in [9.17, 15) is 4.79 Å². The van der Waals surface area contributed by atoms with E-state index in [1.165, 1.54) is 0 Å². The number of nitrogen functional groups attached to an aromatic ring is 1. The number of aromatic nitrogens is 2. The van der Waals surface area contributed by atoms with Gasteiger partial charge in [-0.2, -0.15) is 5.10 Å². The number of aryl methyl sites for hydroxylation is 2. The van der Waals surface area contributed by atoms with Crippen LogP contribution < -0.4 is 16.4 Å². The highest BCUT2D eigenvalue weighted by Gasteiger charge is 2.20. The first-order chi connectivity index (χ1) is 8.36. The molecule has 1 aromatic rings. The topological polar surface area (TPSA) is 90.2 Å². The van der Waals surface area contributed by atoms with E-state index in [1.54, 1.807) is 4.68 Å². The molecule has 4 N–H and O–H groups in total. The van der Waals surface area contributed by atoms with Gasteiger partial charge in [-0.1, -0.05) is 20.8 Å². The standard InChI is InChI=1S/C12H23N5O/c1-5-9-11(14)12(16(4)15-9)17(6-8(2)3)7-10(13)18/h8H,5-7,14H2,1-4H3,(H2,13,18). The lowest BCUT2D eigenvalue weighted by molar-refractivity contribution is -0.116. The van der Waals surface area contributed by atoms with Gasteiger partial charge < -0.3 is 16.4 Å². The second-order valence-electron chi connectivity index (χ2n) is 4.90. The van der Waals surface area contributed by atoms with Gasteiger partial charge in [0, 0.05) is 13.6 Å². The summed E-state index contributed by atoms with van der Waals surface area (Å²) in [6.07, 6.45) is 0.770. The van der Waals surface area contributed by atoms with Crippen LogP contribution in [0.25, 0.3) is 0 Å². The molecule has 0 saturated carbocycles. The average Bonchev–Trinajstić information content (AvgIpc) is 2.51. The third-order valence-corrected chi connectivity index (χ3v) is 2.70. The zero-order valence-electron chi connectivity index (χ0n) is 11.6. The van der Waals surface area contributed by atoms with Crippen LogP contribution in [-0.4, -0.2) is 28.8 Å². The monoisotopic (exact) mass is 253 g/mol. The SMILES string of the molecule is CCc1nn(C)c(N(CC(N)=O)CC(C)C)c1N. The molecule has 0 aliphatic carbocycles. The molecule has 0 unspecified atom stereocenters. The fraction of sp³-hybridized carbons (Fsp3) is 0.667. The second kappa shape index (κ2) is 5.75. The number of carbonyl (C=O) groups is 1. The van der Waals surface area contributed by atoms with Crippen molar-refractivity contribution >= 4 is 17.4 Å². The number of hydrogen-bond donors (Lipinski definition) is 2. The summed E-state index contributed by atoms with van der Waals surface area (Å²) >= 11 is 0. The highest BCUT2D eigenvalue weighted by atomic mass is 16.1. The smallest absolute Gasteiger partial charge is 0.236 e. The van der Waals surface area contributed by atoms with Crippen molar-refractivity contribution in [1.82, 2.24) is 9.78 Å². The Morgan fingerprint density at radius 1 is 1.50 bits per heavy atom. The Balaban J connectivity index is 3.11. The van der Waals surface area contributed by atoms with E-state index in [0.717, 1.165) is 24.5 Å². The first kappa shape index (κ1) is 14.3. The lowest BCUT2D eigenvalue weighted by Gasteiger charge is -2.25. The summed E-state index contributed by atoms with van der Waals surface area (Å²) in [5, 5.41) is 4.36. The van der Waals surface area contributed by atoms with Gasteiger partial charge in [-0.15, -0.1) is 0 Å². The van der Waals surface area contributed by atoms with Crippen LogP contribution in [0.3, 0.4) is 0 Å². The Labute approximate surface area is 108 Å². The van der Waals surface area contributed by atoms with Crippen molar-refractivity contribution in [2.24, 2.45) is 18.7 Å². The summed E-state index contributed by atoms with van der Waals surface area (Å²) in [6, 6.07) is 0. The number of nitrogens with zero attached hydrogens (tertiary/aromatic N) is 3. The van der Waals surface area contributed by atoms with Gasteiger partial charge in [-0.3, -0.25) is 9.48 Å². The predicted molar refractivity (Wildman–Crippen MR) is 73.2 cm³/mol. The molecule has 0 atom stereocenters. The zero-order valence-corrected chi connectivity index (χ0v) is 11.6. The molecule has 1 rings (SSSR count). The van der Waals surface area contributed by atoms with Crippen LogP contribution in [0.4, 0.5) is 11.5 Å². The number of carbonyl (C=O) groups excluding carboxylic acids is 1. The lowest BCUT2D eigenvalue weighted by atomic mass is 10.2. The van der Waals surface area contributed by atoms with E-state index < -0.39 is 0 Å². The maximum atomic E-state index is 11.2. The Kier molecular flexibility index (Phi) is 4.58. The minimum absolute atomic E-state index is 0.158. The number of rotatable bonds is 6. The number of amides is 1. The number of nitrogens with two attached hydrogens (primary N) is 2. The fourth-order valence-corrected chi connectivity index (χ4v) is 2.08. The summed E-state index contributed by atoms with van der Waals surface area (Å²) in [5.74, 6) is 0.817. The Morgan fingerprint density at radius 2 is 2.11 bits per heavy atom. The van der Waals surface area contributed by atoms with Crippen molar-refractivity contribution in [1.29, 1.82) is 0 Å². The molecule has 0 aliphatic rings. The molecule has 1 aromatic heterocycles. The molecule has 0 spiro atoms. The third kappa shape index (κ3) is 3.15. The van der Waals surface area contributed by atoms with Crippen molar-refractivity contribution in [3.8, 4) is 0 Å². The fourth-order valence-electron chi connectivity index (χ4n) is 2.08. The summed E-state index contributed by atoms with van der Waals surface area (Å²) in [7, 11) is 1.83. The van der Waals surface area contributed by atoms with Gasteiger partial charge in [0.15, 0.2) is 5.82 Å². The molecule has 0 aromatic carbocycles. The van der Waals surface area contributed by atoms with Gasteiger partial charge in [0.05, 0.1) is 17.9 Å². The number of primary amides is 1. The lowest BCUT2D eigenvalue weighted by Crippen LogP contribution is -2.37. The van der Waals surface area contributed by atoms with Crippen LogP contribution in [0.15, 0.2) is 0 Å². The highest BCUT2D eigenvalue weighted by molar-refractivity contribution is 5.81. The number of hydrogen-bond acceptors (Lipinski definition) is 4. The van der Waals surface area contributed by atoms with Gasteiger partial charge in [0.25, 0.3) is 0 Å². The van der Waals surface area contributed by atoms with E-state index in [-0.39, 0.29) is 12.5 Å². The quantitative estimate of drug-likeness (QED) is 0.773. The van der Waals surface area contributed by atoms with Crippen molar-refractivity contribution in [3.05, 3.63) is 5.69 Å². The maximum absolute atomic E-state index is 11.2. The number of anilines is 2. The van der Waals surface area contributed by atoms with Crippen molar-refractivity contribution in [2.45, 2.75) is 27.2 Å². The molecule has 1 amide bonds. The van der Waals surface area contributed by atoms with E-state index in [1.807, 2.05) is 18.9 Å². The molecule has 1 heterocycles. The minimum Gasteiger partial charge on any atom is -0.394 e. The van der Waals surface area contributed by atoms with Crippen LogP contribution >= 0.6 is 0 Å². The first-order valence-electron chi connectivity index (χ1n) is 6.21. The van der Waals surface area contributed by atoms with Gasteiger partial charge in [-0.25, -0.2) is 0 Å². The maximum Gasteiger partial charge on any atom is 0.236 e. The zero-order chi connectivity index (χ0) is 13.9. The van der Waals surface area contributed by atoms with Gasteiger partial charge in [0.1, 0.15) is 0 Å². The summed E-state index contributed by atoms with van der Waals surface area (Å²) < 4.78 is 1.72. The van der Waals surface area contributed by atoms with Crippen molar-refractivity contribution < 1.29 is 4.79 Å². The van der Waals surface area contributed by atoms with Crippen LogP contribution in [0, 0.1) is 5.92 Å². The molecule has 102 valence electrons. The molecule has 0 aliphatic heterocycles. The van der Waals surface area contributed by atoms with Gasteiger partial charge in [0.2, 0.25) is 5.91 Å². The van der Waals surface area contributed by atoms with E-state index in [0.29, 0.717) is 11.6 Å². The van der Waals surface area contributed by atoms with Gasteiger partial charge >= 0.3 is 0 Å². The van der Waals surface area contributed by atoms with Crippen molar-refractivity contribution in [2.75, 3.05) is 23.7 Å². The van der Waals surface area contributed by atoms with Crippen LogP contribution in [0.5, 0.6) is 0 Å². The molecular weight excluding hydrogens is 230 g/mol. The Bertz CT molecular complexity index is 424. The van der Waals surface area contributed by atoms with E-state index in [4.69, 9.17) is 11.5 Å². The molecule has 0 saturated heterocycles. The van der Waals surface area contributed by atoms with Crippen LogP contribution in [0.2, 0.25) is 0 Å². The van der Waals surface area contributed by atoms with Gasteiger partial charge in [-0.05, 0) is 12.3 Å².